The standard InChI is InChI=1S/C16H19ClFN5O2/c17-12-7-11(1-2-13(12)18)20-16(24)10-3-5-23(6-4-10)9-14-21-15(8-19)25-22-14/h1-2,7,10H,3-6,8-9,19H2,(H,20,24). The molecule has 2 heterocycles. The van der Waals surface area contributed by atoms with Crippen LogP contribution < -0.4 is 11.1 Å². The average Bonchev–Trinajstić information content (AvgIpc) is 3.06. The van der Waals surface area contributed by atoms with Gasteiger partial charge in [-0.25, -0.2) is 4.39 Å². The van der Waals surface area contributed by atoms with Crippen molar-refractivity contribution < 1.29 is 13.7 Å². The Labute approximate surface area is 149 Å². The minimum Gasteiger partial charge on any atom is -0.338 e. The SMILES string of the molecule is NCc1nc(CN2CCC(C(=O)Nc3ccc(F)c(Cl)c3)CC2)no1. The number of carbonyl (C=O) groups is 1. The quantitative estimate of drug-likeness (QED) is 0.840. The summed E-state index contributed by atoms with van der Waals surface area (Å²) in [6, 6.07) is 4.15. The molecule has 1 fully saturated rings. The first kappa shape index (κ1) is 17.8. The maximum atomic E-state index is 13.2. The van der Waals surface area contributed by atoms with Gasteiger partial charge in [0.05, 0.1) is 18.1 Å². The number of carbonyl (C=O) groups excluding carboxylic acids is 1. The number of halogens is 2. The van der Waals surface area contributed by atoms with E-state index in [0.29, 0.717) is 23.9 Å². The molecule has 0 spiro atoms. The number of rotatable bonds is 5. The molecule has 25 heavy (non-hydrogen) atoms. The van der Waals surface area contributed by atoms with Gasteiger partial charge in [-0.1, -0.05) is 16.8 Å². The molecule has 1 aliphatic rings. The van der Waals surface area contributed by atoms with Gasteiger partial charge in [0.25, 0.3) is 0 Å². The smallest absolute Gasteiger partial charge is 0.240 e. The highest BCUT2D eigenvalue weighted by atomic mass is 35.5. The molecule has 7 nitrogen and oxygen atoms in total. The van der Waals surface area contributed by atoms with Crippen LogP contribution in [0.3, 0.4) is 0 Å². The Bertz CT molecular complexity index is 746. The molecule has 1 aromatic carbocycles. The predicted octanol–water partition coefficient (Wildman–Crippen LogP) is 2.17. The molecule has 3 N–H and O–H groups in total. The summed E-state index contributed by atoms with van der Waals surface area (Å²) in [7, 11) is 0. The molecule has 0 unspecified atom stereocenters. The molecule has 1 aromatic heterocycles. The van der Waals surface area contributed by atoms with Gasteiger partial charge in [-0.2, -0.15) is 4.98 Å². The average molecular weight is 368 g/mol. The molecule has 0 atom stereocenters. The summed E-state index contributed by atoms with van der Waals surface area (Å²) >= 11 is 5.73. The van der Waals surface area contributed by atoms with Crippen molar-refractivity contribution in [3.63, 3.8) is 0 Å². The summed E-state index contributed by atoms with van der Waals surface area (Å²) < 4.78 is 18.1. The molecule has 3 rings (SSSR count). The van der Waals surface area contributed by atoms with Crippen molar-refractivity contribution in [2.75, 3.05) is 18.4 Å². The lowest BCUT2D eigenvalue weighted by molar-refractivity contribution is -0.121. The van der Waals surface area contributed by atoms with Crippen molar-refractivity contribution in [2.45, 2.75) is 25.9 Å². The Morgan fingerprint density at radius 2 is 2.20 bits per heavy atom. The van der Waals surface area contributed by atoms with E-state index in [0.717, 1.165) is 25.9 Å². The second-order valence-electron chi connectivity index (χ2n) is 5.98. The van der Waals surface area contributed by atoms with Gasteiger partial charge in [0.15, 0.2) is 5.82 Å². The lowest BCUT2D eigenvalue weighted by Crippen LogP contribution is -2.38. The van der Waals surface area contributed by atoms with Gasteiger partial charge in [0.2, 0.25) is 11.8 Å². The Balaban J connectivity index is 1.49. The zero-order valence-electron chi connectivity index (χ0n) is 13.5. The minimum absolute atomic E-state index is 0.00965. The van der Waals surface area contributed by atoms with Crippen molar-refractivity contribution in [1.29, 1.82) is 0 Å². The fourth-order valence-corrected chi connectivity index (χ4v) is 2.99. The molecule has 0 saturated carbocycles. The number of benzene rings is 1. The molecule has 0 aliphatic carbocycles. The van der Waals surface area contributed by atoms with Crippen molar-refractivity contribution >= 4 is 23.2 Å². The summed E-state index contributed by atoms with van der Waals surface area (Å²) in [6.45, 7) is 2.32. The van der Waals surface area contributed by atoms with Crippen molar-refractivity contribution in [3.05, 3.63) is 40.8 Å². The van der Waals surface area contributed by atoms with Crippen molar-refractivity contribution in [2.24, 2.45) is 11.7 Å². The fourth-order valence-electron chi connectivity index (χ4n) is 2.81. The van der Waals surface area contributed by atoms with E-state index in [1.165, 1.54) is 18.2 Å². The molecule has 1 saturated heterocycles. The summed E-state index contributed by atoms with van der Waals surface area (Å²) in [5, 5.41) is 6.66. The van der Waals surface area contributed by atoms with Gasteiger partial charge in [-0.15, -0.1) is 0 Å². The fraction of sp³-hybridized carbons (Fsp3) is 0.438. The zero-order valence-corrected chi connectivity index (χ0v) is 14.3. The number of piperidine rings is 1. The first-order valence-corrected chi connectivity index (χ1v) is 8.42. The number of hydrogen-bond acceptors (Lipinski definition) is 6. The molecular formula is C16H19ClFN5O2. The summed E-state index contributed by atoms with van der Waals surface area (Å²) in [5.41, 5.74) is 5.95. The normalized spacial score (nSPS) is 16.1. The third kappa shape index (κ3) is 4.53. The second-order valence-corrected chi connectivity index (χ2v) is 6.38. The molecule has 0 radical (unpaired) electrons. The van der Waals surface area contributed by atoms with Crippen LogP contribution in [0.15, 0.2) is 22.7 Å². The van der Waals surface area contributed by atoms with Gasteiger partial charge >= 0.3 is 0 Å². The Morgan fingerprint density at radius 1 is 1.44 bits per heavy atom. The number of anilines is 1. The van der Waals surface area contributed by atoms with Crippen LogP contribution in [0.4, 0.5) is 10.1 Å². The number of aromatic nitrogens is 2. The number of amides is 1. The molecule has 1 amide bonds. The second kappa shape index (κ2) is 7.90. The van der Waals surface area contributed by atoms with Crippen LogP contribution in [0.1, 0.15) is 24.6 Å². The van der Waals surface area contributed by atoms with Crippen LogP contribution in [0, 0.1) is 11.7 Å². The number of nitrogens with zero attached hydrogens (tertiary/aromatic N) is 3. The van der Waals surface area contributed by atoms with Gasteiger partial charge < -0.3 is 15.6 Å². The third-order valence-corrected chi connectivity index (χ3v) is 4.48. The maximum absolute atomic E-state index is 13.2. The predicted molar refractivity (Wildman–Crippen MR) is 90.2 cm³/mol. The van der Waals surface area contributed by atoms with Crippen molar-refractivity contribution in [1.82, 2.24) is 15.0 Å². The van der Waals surface area contributed by atoms with Crippen LogP contribution in [-0.2, 0) is 17.9 Å². The summed E-state index contributed by atoms with van der Waals surface area (Å²) in [5.74, 6) is 0.344. The van der Waals surface area contributed by atoms with E-state index in [2.05, 4.69) is 20.4 Å². The first-order valence-electron chi connectivity index (χ1n) is 8.05. The van der Waals surface area contributed by atoms with Crippen LogP contribution in [-0.4, -0.2) is 34.0 Å². The van der Waals surface area contributed by atoms with Crippen molar-refractivity contribution in [3.8, 4) is 0 Å². The lowest BCUT2D eigenvalue weighted by Gasteiger charge is -2.30. The van der Waals surface area contributed by atoms with E-state index in [-0.39, 0.29) is 23.4 Å². The molecule has 1 aliphatic heterocycles. The van der Waals surface area contributed by atoms with Crippen LogP contribution in [0.2, 0.25) is 5.02 Å². The Kier molecular flexibility index (Phi) is 5.62. The minimum atomic E-state index is -0.507. The van der Waals surface area contributed by atoms with E-state index in [4.69, 9.17) is 21.9 Å². The number of nitrogens with two attached hydrogens (primary N) is 1. The topological polar surface area (TPSA) is 97.3 Å². The highest BCUT2D eigenvalue weighted by molar-refractivity contribution is 6.31. The molecule has 2 aromatic rings. The monoisotopic (exact) mass is 367 g/mol. The number of likely N-dealkylation sites (tertiary alicyclic amines) is 1. The van der Waals surface area contributed by atoms with E-state index in [9.17, 15) is 9.18 Å². The van der Waals surface area contributed by atoms with Crippen LogP contribution in [0.25, 0.3) is 0 Å². The summed E-state index contributed by atoms with van der Waals surface area (Å²) in [4.78, 5) is 18.7. The Hall–Kier alpha value is -2.03. The number of nitrogens with one attached hydrogen (secondary N) is 1. The highest BCUT2D eigenvalue weighted by Gasteiger charge is 2.26. The third-order valence-electron chi connectivity index (χ3n) is 4.20. The van der Waals surface area contributed by atoms with Crippen LogP contribution in [0.5, 0.6) is 0 Å². The van der Waals surface area contributed by atoms with E-state index >= 15 is 0 Å². The van der Waals surface area contributed by atoms with Gasteiger partial charge in [-0.05, 0) is 44.1 Å². The highest BCUT2D eigenvalue weighted by Crippen LogP contribution is 2.23. The number of hydrogen-bond donors (Lipinski definition) is 2. The molecule has 9 heteroatoms. The largest absolute Gasteiger partial charge is 0.338 e. The first-order chi connectivity index (χ1) is 12.0. The van der Waals surface area contributed by atoms with E-state index < -0.39 is 5.82 Å². The van der Waals surface area contributed by atoms with E-state index in [1.807, 2.05) is 0 Å². The molecule has 0 bridgehead atoms. The van der Waals surface area contributed by atoms with Gasteiger partial charge in [-0.3, -0.25) is 9.69 Å². The van der Waals surface area contributed by atoms with Gasteiger partial charge in [0, 0.05) is 11.6 Å². The maximum Gasteiger partial charge on any atom is 0.240 e. The zero-order chi connectivity index (χ0) is 17.8. The molecule has 134 valence electrons. The van der Waals surface area contributed by atoms with Crippen LogP contribution >= 0.6 is 11.6 Å². The summed E-state index contributed by atoms with van der Waals surface area (Å²) in [6.07, 6.45) is 1.45. The van der Waals surface area contributed by atoms with E-state index in [1.54, 1.807) is 0 Å². The lowest BCUT2D eigenvalue weighted by atomic mass is 9.96. The molecular weight excluding hydrogens is 349 g/mol. The van der Waals surface area contributed by atoms with Gasteiger partial charge in [0.1, 0.15) is 5.82 Å². The Morgan fingerprint density at radius 3 is 2.84 bits per heavy atom.